The second-order valence-corrected chi connectivity index (χ2v) is 4.53. The van der Waals surface area contributed by atoms with Crippen molar-refractivity contribution in [2.24, 2.45) is 5.92 Å². The van der Waals surface area contributed by atoms with Crippen LogP contribution < -0.4 is 11.1 Å². The number of benzene rings is 1. The molecule has 0 bridgehead atoms. The molecule has 1 unspecified atom stereocenters. The molecule has 0 aliphatic rings. The van der Waals surface area contributed by atoms with Gasteiger partial charge in [-0.05, 0) is 30.5 Å². The molecule has 0 saturated heterocycles. The lowest BCUT2D eigenvalue weighted by Crippen LogP contribution is -2.14. The third kappa shape index (κ3) is 4.63. The van der Waals surface area contributed by atoms with Gasteiger partial charge in [0.05, 0.1) is 11.4 Å². The molecule has 0 aliphatic heterocycles. The molecule has 2 nitrogen and oxygen atoms in total. The molecule has 1 atom stereocenters. The molecule has 96 valence electrons. The molecular formula is C14H23FN2. The molecule has 17 heavy (non-hydrogen) atoms. The smallest absolute Gasteiger partial charge is 0.125 e. The van der Waals surface area contributed by atoms with E-state index in [-0.39, 0.29) is 5.82 Å². The molecule has 0 radical (unpaired) electrons. The molecule has 1 aromatic carbocycles. The van der Waals surface area contributed by atoms with Crippen LogP contribution in [-0.4, -0.2) is 6.54 Å². The molecular weight excluding hydrogens is 215 g/mol. The van der Waals surface area contributed by atoms with E-state index in [1.54, 1.807) is 6.07 Å². The average molecular weight is 238 g/mol. The zero-order valence-electron chi connectivity index (χ0n) is 10.8. The van der Waals surface area contributed by atoms with Gasteiger partial charge in [0, 0.05) is 6.54 Å². The van der Waals surface area contributed by atoms with Gasteiger partial charge in [0.15, 0.2) is 0 Å². The molecule has 0 heterocycles. The summed E-state index contributed by atoms with van der Waals surface area (Å²) in [5, 5.41) is 3.25. The van der Waals surface area contributed by atoms with Crippen LogP contribution in [0.25, 0.3) is 0 Å². The Morgan fingerprint density at radius 3 is 2.76 bits per heavy atom. The first kappa shape index (κ1) is 13.8. The minimum Gasteiger partial charge on any atom is -0.397 e. The fraction of sp³-hybridized carbons (Fsp3) is 0.571. The van der Waals surface area contributed by atoms with E-state index in [1.807, 2.05) is 0 Å². The summed E-state index contributed by atoms with van der Waals surface area (Å²) in [6.45, 7) is 5.26. The van der Waals surface area contributed by atoms with Crippen LogP contribution in [0.3, 0.4) is 0 Å². The van der Waals surface area contributed by atoms with Crippen molar-refractivity contribution in [2.45, 2.75) is 39.5 Å². The van der Waals surface area contributed by atoms with E-state index in [4.69, 9.17) is 5.73 Å². The average Bonchev–Trinajstić information content (AvgIpc) is 2.33. The highest BCUT2D eigenvalue weighted by molar-refractivity contribution is 5.65. The molecule has 1 aromatic rings. The maximum Gasteiger partial charge on any atom is 0.125 e. The van der Waals surface area contributed by atoms with Gasteiger partial charge in [-0.1, -0.05) is 33.1 Å². The van der Waals surface area contributed by atoms with Gasteiger partial charge < -0.3 is 11.1 Å². The first-order valence-electron chi connectivity index (χ1n) is 6.46. The number of unbranched alkanes of at least 4 members (excludes halogenated alkanes) is 1. The van der Waals surface area contributed by atoms with E-state index in [9.17, 15) is 4.39 Å². The summed E-state index contributed by atoms with van der Waals surface area (Å²) in [7, 11) is 0. The van der Waals surface area contributed by atoms with Crippen LogP contribution >= 0.6 is 0 Å². The molecule has 0 spiro atoms. The van der Waals surface area contributed by atoms with Crippen molar-refractivity contribution in [1.82, 2.24) is 0 Å². The van der Waals surface area contributed by atoms with Gasteiger partial charge in [-0.3, -0.25) is 0 Å². The zero-order chi connectivity index (χ0) is 12.7. The van der Waals surface area contributed by atoms with Crippen LogP contribution in [0.4, 0.5) is 15.8 Å². The quantitative estimate of drug-likeness (QED) is 0.704. The number of hydrogen-bond donors (Lipinski definition) is 2. The number of hydrogen-bond acceptors (Lipinski definition) is 2. The van der Waals surface area contributed by atoms with Gasteiger partial charge in [-0.25, -0.2) is 4.39 Å². The van der Waals surface area contributed by atoms with Crippen molar-refractivity contribution in [3.63, 3.8) is 0 Å². The Kier molecular flexibility index (Phi) is 5.81. The molecule has 0 amide bonds. The Hall–Kier alpha value is -1.25. The fourth-order valence-electron chi connectivity index (χ4n) is 1.88. The fourth-order valence-corrected chi connectivity index (χ4v) is 1.88. The van der Waals surface area contributed by atoms with E-state index in [1.165, 1.54) is 31.4 Å². The standard InChI is InChI=1S/C14H23FN2/c1-3-5-6-11(4-2)10-17-14-9-12(15)7-8-13(14)16/h7-9,11,17H,3-6,10,16H2,1-2H3. The molecule has 0 aromatic heterocycles. The number of nitrogens with two attached hydrogens (primary N) is 1. The first-order chi connectivity index (χ1) is 8.17. The third-order valence-corrected chi connectivity index (χ3v) is 3.14. The normalized spacial score (nSPS) is 12.4. The van der Waals surface area contributed by atoms with Gasteiger partial charge in [0.1, 0.15) is 5.82 Å². The van der Waals surface area contributed by atoms with E-state index < -0.39 is 0 Å². The second-order valence-electron chi connectivity index (χ2n) is 4.53. The lowest BCUT2D eigenvalue weighted by atomic mass is 9.99. The predicted molar refractivity (Wildman–Crippen MR) is 72.6 cm³/mol. The topological polar surface area (TPSA) is 38.0 Å². The van der Waals surface area contributed by atoms with Crippen LogP contribution in [0.1, 0.15) is 39.5 Å². The number of nitrogens with one attached hydrogen (secondary N) is 1. The summed E-state index contributed by atoms with van der Waals surface area (Å²) in [5.74, 6) is 0.390. The number of anilines is 2. The highest BCUT2D eigenvalue weighted by Crippen LogP contribution is 2.21. The van der Waals surface area contributed by atoms with Gasteiger partial charge in [-0.2, -0.15) is 0 Å². The number of halogens is 1. The summed E-state index contributed by atoms with van der Waals surface area (Å²) >= 11 is 0. The van der Waals surface area contributed by atoms with Crippen molar-refractivity contribution in [2.75, 3.05) is 17.6 Å². The lowest BCUT2D eigenvalue weighted by Gasteiger charge is -2.17. The summed E-state index contributed by atoms with van der Waals surface area (Å²) in [6, 6.07) is 4.45. The van der Waals surface area contributed by atoms with Crippen molar-refractivity contribution in [1.29, 1.82) is 0 Å². The minimum atomic E-state index is -0.247. The van der Waals surface area contributed by atoms with Crippen molar-refractivity contribution < 1.29 is 4.39 Å². The summed E-state index contributed by atoms with van der Waals surface area (Å²) in [4.78, 5) is 0. The summed E-state index contributed by atoms with van der Waals surface area (Å²) < 4.78 is 13.1. The summed E-state index contributed by atoms with van der Waals surface area (Å²) in [6.07, 6.45) is 4.83. The van der Waals surface area contributed by atoms with Crippen molar-refractivity contribution >= 4 is 11.4 Å². The molecule has 0 aliphatic carbocycles. The Balaban J connectivity index is 2.50. The van der Waals surface area contributed by atoms with Crippen LogP contribution in [-0.2, 0) is 0 Å². The molecule has 1 rings (SSSR count). The van der Waals surface area contributed by atoms with Crippen molar-refractivity contribution in [3.05, 3.63) is 24.0 Å². The summed E-state index contributed by atoms with van der Waals surface area (Å²) in [5.41, 5.74) is 7.10. The van der Waals surface area contributed by atoms with Crippen molar-refractivity contribution in [3.8, 4) is 0 Å². The Morgan fingerprint density at radius 1 is 1.35 bits per heavy atom. The third-order valence-electron chi connectivity index (χ3n) is 3.14. The van der Waals surface area contributed by atoms with E-state index in [2.05, 4.69) is 19.2 Å². The van der Waals surface area contributed by atoms with Gasteiger partial charge >= 0.3 is 0 Å². The van der Waals surface area contributed by atoms with Gasteiger partial charge in [0.25, 0.3) is 0 Å². The number of rotatable bonds is 7. The number of nitrogen functional groups attached to an aromatic ring is 1. The Labute approximate surface area is 103 Å². The first-order valence-corrected chi connectivity index (χ1v) is 6.46. The highest BCUT2D eigenvalue weighted by Gasteiger charge is 2.07. The molecule has 3 N–H and O–H groups in total. The largest absolute Gasteiger partial charge is 0.397 e. The van der Waals surface area contributed by atoms with E-state index in [0.29, 0.717) is 17.3 Å². The van der Waals surface area contributed by atoms with Crippen LogP contribution in [0.15, 0.2) is 18.2 Å². The predicted octanol–water partition coefficient (Wildman–Crippen LogP) is 4.04. The SMILES string of the molecule is CCCCC(CC)CNc1cc(F)ccc1N. The van der Waals surface area contributed by atoms with Crippen LogP contribution in [0, 0.1) is 11.7 Å². The lowest BCUT2D eigenvalue weighted by molar-refractivity contribution is 0.473. The monoisotopic (exact) mass is 238 g/mol. The molecule has 0 fully saturated rings. The Bertz CT molecular complexity index is 339. The maximum atomic E-state index is 13.1. The van der Waals surface area contributed by atoms with Gasteiger partial charge in [-0.15, -0.1) is 0 Å². The van der Waals surface area contributed by atoms with Gasteiger partial charge in [0.2, 0.25) is 0 Å². The van der Waals surface area contributed by atoms with Crippen LogP contribution in [0.2, 0.25) is 0 Å². The molecule has 0 saturated carbocycles. The highest BCUT2D eigenvalue weighted by atomic mass is 19.1. The molecule has 3 heteroatoms. The Morgan fingerprint density at radius 2 is 2.12 bits per heavy atom. The van der Waals surface area contributed by atoms with Crippen LogP contribution in [0.5, 0.6) is 0 Å². The minimum absolute atomic E-state index is 0.247. The van der Waals surface area contributed by atoms with E-state index >= 15 is 0 Å². The zero-order valence-corrected chi connectivity index (χ0v) is 10.8. The second kappa shape index (κ2) is 7.15. The maximum absolute atomic E-state index is 13.1. The van der Waals surface area contributed by atoms with E-state index in [0.717, 1.165) is 13.0 Å².